The fourth-order valence-electron chi connectivity index (χ4n) is 2.27. The lowest BCUT2D eigenvalue weighted by atomic mass is 10.2. The first kappa shape index (κ1) is 25.5. The van der Waals surface area contributed by atoms with Gasteiger partial charge in [-0.3, -0.25) is 14.4 Å². The second-order valence-electron chi connectivity index (χ2n) is 6.36. The first-order valence-electron chi connectivity index (χ1n) is 8.96. The second-order valence-corrected chi connectivity index (χ2v) is 8.09. The Bertz CT molecular complexity index is 987. The molecular weight excluding hydrogens is 476 g/mol. The lowest BCUT2D eigenvalue weighted by Crippen LogP contribution is -2.26. The molecule has 0 saturated carbocycles. The number of esters is 1. The molecule has 0 bridgehead atoms. The van der Waals surface area contributed by atoms with Crippen LogP contribution in [0.3, 0.4) is 0 Å². The van der Waals surface area contributed by atoms with Gasteiger partial charge in [0.25, 0.3) is 5.91 Å². The number of hydrogen-bond acceptors (Lipinski definition) is 5. The highest BCUT2D eigenvalue weighted by Gasteiger charge is 2.33. The molecule has 0 aliphatic heterocycles. The van der Waals surface area contributed by atoms with E-state index in [1.54, 1.807) is 0 Å². The van der Waals surface area contributed by atoms with Gasteiger partial charge >= 0.3 is 12.1 Å². The maximum atomic E-state index is 12.9. The molecule has 0 aliphatic rings. The lowest BCUT2D eigenvalue weighted by molar-refractivity contribution is -0.146. The molecule has 32 heavy (non-hydrogen) atoms. The summed E-state index contributed by atoms with van der Waals surface area (Å²) in [6.07, 6.45) is -4.69. The summed E-state index contributed by atoms with van der Waals surface area (Å²) >= 11 is 6.46. The summed E-state index contributed by atoms with van der Waals surface area (Å²) in [5.74, 6) is -2.62. The summed E-state index contributed by atoms with van der Waals surface area (Å²) in [6, 6.07) is 7.96. The zero-order valence-electron chi connectivity index (χ0n) is 16.5. The van der Waals surface area contributed by atoms with Crippen molar-refractivity contribution < 1.29 is 36.7 Å². The van der Waals surface area contributed by atoms with Crippen LogP contribution in [0.2, 0.25) is 5.02 Å². The first-order valence-corrected chi connectivity index (χ1v) is 10.4. The average Bonchev–Trinajstić information content (AvgIpc) is 2.72. The molecule has 0 heterocycles. The Hall–Kier alpha value is -2.79. The van der Waals surface area contributed by atoms with E-state index in [1.807, 2.05) is 0 Å². The zero-order chi connectivity index (χ0) is 23.9. The number of benzene rings is 2. The molecule has 6 nitrogen and oxygen atoms in total. The third-order valence-electron chi connectivity index (χ3n) is 3.83. The van der Waals surface area contributed by atoms with Gasteiger partial charge in [-0.05, 0) is 49.4 Å². The Labute approximate surface area is 189 Å². The molecule has 12 heteroatoms. The molecule has 0 radical (unpaired) electrons. The minimum absolute atomic E-state index is 0.106. The monoisotopic (exact) mass is 492 g/mol. The summed E-state index contributed by atoms with van der Waals surface area (Å²) < 4.78 is 56.3. The normalized spacial score (nSPS) is 12.1. The molecular formula is C20H17ClF4N2O4S. The number of hydrogen-bond donors (Lipinski definition) is 2. The lowest BCUT2D eigenvalue weighted by Gasteiger charge is -2.13. The third-order valence-corrected chi connectivity index (χ3v) is 5.28. The standard InChI is InChI=1S/C20H17ClF4N2O4S/c1-11(32-10-18(29)26-13-4-2-12(22)3-5-13)19(30)31-9-17(28)27-14-6-7-16(21)15(8-14)20(23,24)25/h2-8,11H,9-10H2,1H3,(H,26,29)(H,27,28). The minimum atomic E-state index is -4.69. The number of alkyl halides is 3. The van der Waals surface area contributed by atoms with E-state index >= 15 is 0 Å². The van der Waals surface area contributed by atoms with Crippen molar-refractivity contribution in [3.05, 3.63) is 58.9 Å². The highest BCUT2D eigenvalue weighted by atomic mass is 35.5. The van der Waals surface area contributed by atoms with Gasteiger partial charge < -0.3 is 15.4 Å². The first-order chi connectivity index (χ1) is 15.0. The van der Waals surface area contributed by atoms with Crippen LogP contribution in [0.5, 0.6) is 0 Å². The number of halogens is 5. The third kappa shape index (κ3) is 8.04. The topological polar surface area (TPSA) is 84.5 Å². The van der Waals surface area contributed by atoms with E-state index in [9.17, 15) is 31.9 Å². The summed E-state index contributed by atoms with van der Waals surface area (Å²) in [5.41, 5.74) is -0.889. The summed E-state index contributed by atoms with van der Waals surface area (Å²) in [6.45, 7) is 0.736. The fraction of sp³-hybridized carbons (Fsp3) is 0.250. The van der Waals surface area contributed by atoms with E-state index in [1.165, 1.54) is 37.3 Å². The van der Waals surface area contributed by atoms with Gasteiger partial charge in [0, 0.05) is 11.4 Å². The number of rotatable bonds is 8. The molecule has 0 spiro atoms. The fourth-order valence-corrected chi connectivity index (χ4v) is 3.17. The predicted octanol–water partition coefficient (Wildman–Crippen LogP) is 4.74. The molecule has 0 aliphatic carbocycles. The van der Waals surface area contributed by atoms with E-state index in [0.29, 0.717) is 11.8 Å². The van der Waals surface area contributed by atoms with Crippen molar-refractivity contribution in [2.75, 3.05) is 23.0 Å². The number of thioether (sulfide) groups is 1. The number of nitrogens with one attached hydrogen (secondary N) is 2. The Morgan fingerprint density at radius 3 is 2.25 bits per heavy atom. The number of anilines is 2. The van der Waals surface area contributed by atoms with E-state index in [0.717, 1.165) is 17.8 Å². The Morgan fingerprint density at radius 2 is 1.62 bits per heavy atom. The van der Waals surface area contributed by atoms with Crippen LogP contribution >= 0.6 is 23.4 Å². The van der Waals surface area contributed by atoms with Crippen molar-refractivity contribution in [1.82, 2.24) is 0 Å². The molecule has 2 N–H and O–H groups in total. The van der Waals surface area contributed by atoms with Crippen LogP contribution in [0.1, 0.15) is 12.5 Å². The van der Waals surface area contributed by atoms with Gasteiger partial charge in [0.15, 0.2) is 6.61 Å². The van der Waals surface area contributed by atoms with Gasteiger partial charge in [-0.15, -0.1) is 11.8 Å². The van der Waals surface area contributed by atoms with Crippen LogP contribution in [-0.2, 0) is 25.3 Å². The molecule has 2 aromatic rings. The minimum Gasteiger partial charge on any atom is -0.455 e. The van der Waals surface area contributed by atoms with Crippen molar-refractivity contribution in [1.29, 1.82) is 0 Å². The molecule has 0 fully saturated rings. The van der Waals surface area contributed by atoms with Gasteiger partial charge in [0.1, 0.15) is 11.1 Å². The van der Waals surface area contributed by atoms with Crippen molar-refractivity contribution in [3.8, 4) is 0 Å². The summed E-state index contributed by atoms with van der Waals surface area (Å²) in [5, 5.41) is 3.40. The molecule has 1 atom stereocenters. The van der Waals surface area contributed by atoms with E-state index in [4.69, 9.17) is 16.3 Å². The molecule has 2 aromatic carbocycles. The van der Waals surface area contributed by atoms with E-state index < -0.39 is 52.2 Å². The van der Waals surface area contributed by atoms with Gasteiger partial charge in [-0.1, -0.05) is 11.6 Å². The average molecular weight is 493 g/mol. The van der Waals surface area contributed by atoms with Crippen molar-refractivity contribution in [3.63, 3.8) is 0 Å². The second kappa shape index (κ2) is 11.2. The van der Waals surface area contributed by atoms with Crippen molar-refractivity contribution in [2.45, 2.75) is 18.3 Å². The van der Waals surface area contributed by atoms with Gasteiger partial charge in [0.2, 0.25) is 5.91 Å². The molecule has 2 rings (SSSR count). The zero-order valence-corrected chi connectivity index (χ0v) is 18.0. The predicted molar refractivity (Wildman–Crippen MR) is 113 cm³/mol. The largest absolute Gasteiger partial charge is 0.455 e. The highest BCUT2D eigenvalue weighted by molar-refractivity contribution is 8.01. The maximum absolute atomic E-state index is 12.9. The molecule has 172 valence electrons. The number of carbonyl (C=O) groups excluding carboxylic acids is 3. The van der Waals surface area contributed by atoms with Gasteiger partial charge in [-0.25, -0.2) is 4.39 Å². The Kier molecular flexibility index (Phi) is 8.90. The van der Waals surface area contributed by atoms with Crippen LogP contribution in [0.15, 0.2) is 42.5 Å². The van der Waals surface area contributed by atoms with Crippen LogP contribution in [-0.4, -0.2) is 35.4 Å². The molecule has 1 unspecified atom stereocenters. The Morgan fingerprint density at radius 1 is 1.03 bits per heavy atom. The Balaban J connectivity index is 1.77. The summed E-state index contributed by atoms with van der Waals surface area (Å²) in [7, 11) is 0. The molecule has 0 aromatic heterocycles. The van der Waals surface area contributed by atoms with Gasteiger partial charge in [0.05, 0.1) is 16.3 Å². The highest BCUT2D eigenvalue weighted by Crippen LogP contribution is 2.36. The number of carbonyl (C=O) groups is 3. The van der Waals surface area contributed by atoms with Crippen LogP contribution in [0, 0.1) is 5.82 Å². The van der Waals surface area contributed by atoms with E-state index in [-0.39, 0.29) is 11.4 Å². The van der Waals surface area contributed by atoms with Crippen molar-refractivity contribution >= 4 is 52.5 Å². The van der Waals surface area contributed by atoms with Crippen LogP contribution in [0.25, 0.3) is 0 Å². The van der Waals surface area contributed by atoms with Crippen LogP contribution in [0.4, 0.5) is 28.9 Å². The van der Waals surface area contributed by atoms with Gasteiger partial charge in [-0.2, -0.15) is 13.2 Å². The maximum Gasteiger partial charge on any atom is 0.417 e. The van der Waals surface area contributed by atoms with Crippen LogP contribution < -0.4 is 10.6 Å². The van der Waals surface area contributed by atoms with E-state index in [2.05, 4.69) is 10.6 Å². The SMILES string of the molecule is CC(SCC(=O)Nc1ccc(F)cc1)C(=O)OCC(=O)Nc1ccc(Cl)c(C(F)(F)F)c1. The smallest absolute Gasteiger partial charge is 0.417 e. The number of ether oxygens (including phenoxy) is 1. The molecule has 2 amide bonds. The molecule has 0 saturated heterocycles. The van der Waals surface area contributed by atoms with Crippen molar-refractivity contribution in [2.24, 2.45) is 0 Å². The quantitative estimate of drug-likeness (QED) is 0.411. The summed E-state index contributed by atoms with van der Waals surface area (Å²) in [4.78, 5) is 35.7. The number of amides is 2.